The number of hydrogen-bond acceptors (Lipinski definition) is 5. The highest BCUT2D eigenvalue weighted by Crippen LogP contribution is 2.27. The summed E-state index contributed by atoms with van der Waals surface area (Å²) in [6, 6.07) is 13.0. The minimum Gasteiger partial charge on any atom is -0.493 e. The lowest BCUT2D eigenvalue weighted by Crippen LogP contribution is -2.37. The third kappa shape index (κ3) is 3.72. The zero-order chi connectivity index (χ0) is 21.3. The van der Waals surface area contributed by atoms with Crippen LogP contribution >= 0.6 is 0 Å². The van der Waals surface area contributed by atoms with E-state index < -0.39 is 5.69 Å². The molecule has 1 saturated heterocycles. The number of ether oxygens (including phenoxy) is 1. The van der Waals surface area contributed by atoms with E-state index in [2.05, 4.69) is 4.98 Å². The van der Waals surface area contributed by atoms with Crippen molar-refractivity contribution in [3.8, 4) is 5.75 Å². The predicted octanol–water partition coefficient (Wildman–Crippen LogP) is 1.42. The van der Waals surface area contributed by atoms with Gasteiger partial charge in [0.05, 0.1) is 18.4 Å². The normalized spacial score (nSPS) is 16.2. The van der Waals surface area contributed by atoms with Gasteiger partial charge in [-0.05, 0) is 30.7 Å². The summed E-state index contributed by atoms with van der Waals surface area (Å²) >= 11 is 0. The smallest absolute Gasteiger partial charge is 0.332 e. The van der Waals surface area contributed by atoms with E-state index in [1.165, 1.54) is 11.6 Å². The number of nitrogens with zero attached hydrogens (tertiary/aromatic N) is 4. The van der Waals surface area contributed by atoms with Crippen LogP contribution < -0.4 is 16.0 Å². The molecule has 1 atom stereocenters. The fraction of sp³-hybridized carbons (Fsp3) is 0.364. The van der Waals surface area contributed by atoms with Gasteiger partial charge in [-0.15, -0.1) is 0 Å². The SMILES string of the molecule is Cn1c(=O)c2ccc([C@H]3CCN(C(=O)CCOc4ccccc4)C3)nc2n(C)c1=O. The van der Waals surface area contributed by atoms with Gasteiger partial charge in [0, 0.05) is 38.8 Å². The Morgan fingerprint density at radius 2 is 1.87 bits per heavy atom. The molecular weight excluding hydrogens is 384 g/mol. The van der Waals surface area contributed by atoms with Crippen LogP contribution in [-0.2, 0) is 18.9 Å². The molecule has 0 aliphatic carbocycles. The molecule has 8 nitrogen and oxygen atoms in total. The van der Waals surface area contributed by atoms with Crippen LogP contribution in [0.3, 0.4) is 0 Å². The van der Waals surface area contributed by atoms with E-state index in [0.29, 0.717) is 37.2 Å². The van der Waals surface area contributed by atoms with E-state index in [-0.39, 0.29) is 17.4 Å². The van der Waals surface area contributed by atoms with Gasteiger partial charge >= 0.3 is 5.69 Å². The molecule has 0 bridgehead atoms. The molecule has 4 rings (SSSR count). The van der Waals surface area contributed by atoms with Crippen LogP contribution in [0.2, 0.25) is 0 Å². The first kappa shape index (κ1) is 19.9. The summed E-state index contributed by atoms with van der Waals surface area (Å²) in [5, 5.41) is 0.410. The van der Waals surface area contributed by atoms with Gasteiger partial charge in [-0.25, -0.2) is 9.78 Å². The summed E-state index contributed by atoms with van der Waals surface area (Å²) < 4.78 is 8.09. The van der Waals surface area contributed by atoms with E-state index in [1.807, 2.05) is 41.3 Å². The number of pyridine rings is 1. The van der Waals surface area contributed by atoms with Crippen molar-refractivity contribution in [3.05, 3.63) is 69.0 Å². The highest BCUT2D eigenvalue weighted by molar-refractivity contribution is 5.77. The molecule has 3 aromatic rings. The van der Waals surface area contributed by atoms with E-state index >= 15 is 0 Å². The molecule has 1 amide bonds. The zero-order valence-electron chi connectivity index (χ0n) is 17.1. The molecule has 1 aliphatic heterocycles. The van der Waals surface area contributed by atoms with Gasteiger partial charge in [-0.1, -0.05) is 18.2 Å². The fourth-order valence-electron chi connectivity index (χ4n) is 3.86. The second-order valence-corrected chi connectivity index (χ2v) is 7.55. The number of benzene rings is 1. The summed E-state index contributed by atoms with van der Waals surface area (Å²) in [6.07, 6.45) is 1.11. The van der Waals surface area contributed by atoms with E-state index in [0.717, 1.165) is 22.4 Å². The lowest BCUT2D eigenvalue weighted by atomic mass is 10.0. The van der Waals surface area contributed by atoms with Crippen LogP contribution in [-0.4, -0.2) is 44.6 Å². The Hall–Kier alpha value is -3.42. The molecule has 8 heteroatoms. The number of aromatic nitrogens is 3. The van der Waals surface area contributed by atoms with Crippen LogP contribution in [0.4, 0.5) is 0 Å². The highest BCUT2D eigenvalue weighted by Gasteiger charge is 2.28. The second-order valence-electron chi connectivity index (χ2n) is 7.55. The average molecular weight is 408 g/mol. The van der Waals surface area contributed by atoms with Crippen molar-refractivity contribution in [2.45, 2.75) is 18.8 Å². The average Bonchev–Trinajstić information content (AvgIpc) is 3.27. The molecule has 2 aromatic heterocycles. The number of rotatable bonds is 5. The Bertz CT molecular complexity index is 1200. The van der Waals surface area contributed by atoms with Gasteiger partial charge in [0.25, 0.3) is 5.56 Å². The number of carbonyl (C=O) groups is 1. The molecule has 0 spiro atoms. The monoisotopic (exact) mass is 408 g/mol. The molecule has 156 valence electrons. The number of aryl methyl sites for hydroxylation is 1. The second kappa shape index (κ2) is 8.14. The molecule has 1 aliphatic rings. The van der Waals surface area contributed by atoms with Gasteiger partial charge in [0.2, 0.25) is 5.91 Å². The van der Waals surface area contributed by atoms with Gasteiger partial charge in [0.1, 0.15) is 11.4 Å². The van der Waals surface area contributed by atoms with Gasteiger partial charge in [-0.3, -0.25) is 18.7 Å². The zero-order valence-corrected chi connectivity index (χ0v) is 17.1. The van der Waals surface area contributed by atoms with Crippen molar-refractivity contribution in [3.63, 3.8) is 0 Å². The lowest BCUT2D eigenvalue weighted by molar-refractivity contribution is -0.130. The number of likely N-dealkylation sites (tertiary alicyclic amines) is 1. The molecule has 0 unspecified atom stereocenters. The third-order valence-corrected chi connectivity index (χ3v) is 5.61. The largest absolute Gasteiger partial charge is 0.493 e. The maximum absolute atomic E-state index is 12.5. The number of amides is 1. The topological polar surface area (TPSA) is 86.4 Å². The Morgan fingerprint density at radius 3 is 2.63 bits per heavy atom. The molecule has 0 radical (unpaired) electrons. The summed E-state index contributed by atoms with van der Waals surface area (Å²) in [5.41, 5.74) is 0.413. The molecule has 30 heavy (non-hydrogen) atoms. The number of para-hydroxylation sites is 1. The molecule has 3 heterocycles. The van der Waals surface area contributed by atoms with Crippen LogP contribution in [0.25, 0.3) is 11.0 Å². The Labute approximate surface area is 173 Å². The van der Waals surface area contributed by atoms with Gasteiger partial charge in [0.15, 0.2) is 0 Å². The minimum absolute atomic E-state index is 0.0514. The minimum atomic E-state index is -0.404. The summed E-state index contributed by atoms with van der Waals surface area (Å²) in [7, 11) is 3.07. The lowest BCUT2D eigenvalue weighted by Gasteiger charge is -2.17. The summed E-state index contributed by atoms with van der Waals surface area (Å²) in [6.45, 7) is 1.56. The number of fused-ring (bicyclic) bond motifs is 1. The highest BCUT2D eigenvalue weighted by atomic mass is 16.5. The maximum Gasteiger partial charge on any atom is 0.332 e. The van der Waals surface area contributed by atoms with Crippen molar-refractivity contribution in [2.24, 2.45) is 14.1 Å². The standard InChI is InChI=1S/C22H24N4O4/c1-24-20-17(21(28)25(2)22(24)29)8-9-18(23-20)15-10-12-26(14-15)19(27)11-13-30-16-6-4-3-5-7-16/h3-9,15H,10-14H2,1-2H3/t15-/m0/s1. The summed E-state index contributed by atoms with van der Waals surface area (Å²) in [5.74, 6) is 0.879. The quantitative estimate of drug-likeness (QED) is 0.637. The first-order chi connectivity index (χ1) is 14.5. The fourth-order valence-corrected chi connectivity index (χ4v) is 3.86. The first-order valence-electron chi connectivity index (χ1n) is 9.98. The van der Waals surface area contributed by atoms with Crippen LogP contribution in [0.15, 0.2) is 52.1 Å². The number of hydrogen-bond donors (Lipinski definition) is 0. The van der Waals surface area contributed by atoms with Crippen molar-refractivity contribution in [1.29, 1.82) is 0 Å². The predicted molar refractivity (Wildman–Crippen MR) is 113 cm³/mol. The van der Waals surface area contributed by atoms with Gasteiger partial charge in [-0.2, -0.15) is 0 Å². The Balaban J connectivity index is 1.44. The van der Waals surface area contributed by atoms with Crippen LogP contribution in [0.5, 0.6) is 5.75 Å². The number of carbonyl (C=O) groups excluding carboxylic acids is 1. The molecule has 1 aromatic carbocycles. The van der Waals surface area contributed by atoms with Gasteiger partial charge < -0.3 is 9.64 Å². The Kier molecular flexibility index (Phi) is 5.39. The Morgan fingerprint density at radius 1 is 1.10 bits per heavy atom. The molecule has 0 saturated carbocycles. The third-order valence-electron chi connectivity index (χ3n) is 5.61. The van der Waals surface area contributed by atoms with E-state index in [9.17, 15) is 14.4 Å². The first-order valence-corrected chi connectivity index (χ1v) is 9.98. The molecule has 1 fully saturated rings. The van der Waals surface area contributed by atoms with Crippen LogP contribution in [0.1, 0.15) is 24.5 Å². The van der Waals surface area contributed by atoms with E-state index in [4.69, 9.17) is 4.74 Å². The maximum atomic E-state index is 12.5. The van der Waals surface area contributed by atoms with Crippen molar-refractivity contribution in [1.82, 2.24) is 19.0 Å². The van der Waals surface area contributed by atoms with Crippen molar-refractivity contribution >= 4 is 16.9 Å². The van der Waals surface area contributed by atoms with Crippen LogP contribution in [0, 0.1) is 0 Å². The van der Waals surface area contributed by atoms with Crippen molar-refractivity contribution in [2.75, 3.05) is 19.7 Å². The van der Waals surface area contributed by atoms with Crippen molar-refractivity contribution < 1.29 is 9.53 Å². The molecular formula is C22H24N4O4. The molecule has 0 N–H and O–H groups in total. The van der Waals surface area contributed by atoms with E-state index in [1.54, 1.807) is 13.1 Å². The summed E-state index contributed by atoms with van der Waals surface area (Å²) in [4.78, 5) is 43.5.